The predicted octanol–water partition coefficient (Wildman–Crippen LogP) is 2.66. The van der Waals surface area contributed by atoms with E-state index in [0.29, 0.717) is 24.5 Å². The van der Waals surface area contributed by atoms with Gasteiger partial charge in [0.25, 0.3) is 0 Å². The molecule has 0 bridgehead atoms. The minimum absolute atomic E-state index is 0. The molecule has 2 rings (SSSR count). The van der Waals surface area contributed by atoms with Crippen LogP contribution in [0.25, 0.3) is 0 Å². The maximum atomic E-state index is 12.6. The highest BCUT2D eigenvalue weighted by molar-refractivity contribution is 5.85. The lowest BCUT2D eigenvalue weighted by molar-refractivity contribution is -0.134. The van der Waals surface area contributed by atoms with Gasteiger partial charge in [-0.3, -0.25) is 9.69 Å². The van der Waals surface area contributed by atoms with E-state index in [4.69, 9.17) is 0 Å². The highest BCUT2D eigenvalue weighted by Gasteiger charge is 2.26. The van der Waals surface area contributed by atoms with Crippen molar-refractivity contribution in [3.63, 3.8) is 0 Å². The molecule has 130 valence electrons. The van der Waals surface area contributed by atoms with E-state index in [9.17, 15) is 4.79 Å². The smallest absolute Gasteiger partial charge is 0.236 e. The Balaban J connectivity index is 0.00000242. The third kappa shape index (κ3) is 5.71. The molecule has 2 fully saturated rings. The first-order chi connectivity index (χ1) is 10.2. The van der Waals surface area contributed by atoms with Crippen LogP contribution in [-0.2, 0) is 4.79 Å². The highest BCUT2D eigenvalue weighted by Crippen LogP contribution is 2.22. The first-order valence-corrected chi connectivity index (χ1v) is 8.92. The summed E-state index contributed by atoms with van der Waals surface area (Å²) >= 11 is 0. The van der Waals surface area contributed by atoms with E-state index >= 15 is 0 Å². The second-order valence-electron chi connectivity index (χ2n) is 6.75. The molecule has 0 radical (unpaired) electrons. The molecule has 0 unspecified atom stereocenters. The summed E-state index contributed by atoms with van der Waals surface area (Å²) < 4.78 is 0. The van der Waals surface area contributed by atoms with E-state index in [-0.39, 0.29) is 12.4 Å². The number of hydrogen-bond donors (Lipinski definition) is 1. The third-order valence-electron chi connectivity index (χ3n) is 5.19. The van der Waals surface area contributed by atoms with Gasteiger partial charge in [-0.2, -0.15) is 0 Å². The van der Waals surface area contributed by atoms with Crippen molar-refractivity contribution >= 4 is 18.3 Å². The molecule has 0 aromatic heterocycles. The molecule has 0 atom stereocenters. The minimum atomic E-state index is 0. The number of hydrogen-bond acceptors (Lipinski definition) is 3. The molecule has 5 heteroatoms. The summed E-state index contributed by atoms with van der Waals surface area (Å²) in [5, 5.41) is 3.42. The van der Waals surface area contributed by atoms with Crippen LogP contribution in [0.4, 0.5) is 0 Å². The summed E-state index contributed by atoms with van der Waals surface area (Å²) in [7, 11) is 2.02. The van der Waals surface area contributed by atoms with E-state index in [1.807, 2.05) is 11.9 Å². The summed E-state index contributed by atoms with van der Waals surface area (Å²) in [6, 6.07) is 1.08. The molecular formula is C17H34ClN3O. The molecule has 1 heterocycles. The lowest BCUT2D eigenvalue weighted by Crippen LogP contribution is -2.49. The Morgan fingerprint density at radius 2 is 1.68 bits per heavy atom. The fourth-order valence-corrected chi connectivity index (χ4v) is 3.81. The number of halogens is 1. The van der Waals surface area contributed by atoms with Crippen LogP contribution in [0.15, 0.2) is 0 Å². The number of nitrogens with one attached hydrogen (secondary N) is 1. The first-order valence-electron chi connectivity index (χ1n) is 8.92. The van der Waals surface area contributed by atoms with Gasteiger partial charge in [-0.1, -0.05) is 26.2 Å². The van der Waals surface area contributed by atoms with Gasteiger partial charge in [0.15, 0.2) is 0 Å². The van der Waals surface area contributed by atoms with Crippen LogP contribution in [0.2, 0.25) is 0 Å². The SMILES string of the molecule is CCCN(CC(=O)N(C)C1CCCCC1)C1CCNCC1.Cl. The minimum Gasteiger partial charge on any atom is -0.342 e. The Bertz CT molecular complexity index is 315. The van der Waals surface area contributed by atoms with E-state index in [1.54, 1.807) is 0 Å². The van der Waals surface area contributed by atoms with Crippen LogP contribution in [0.3, 0.4) is 0 Å². The molecule has 22 heavy (non-hydrogen) atoms. The number of amides is 1. The monoisotopic (exact) mass is 331 g/mol. The second kappa shape index (κ2) is 10.5. The Morgan fingerprint density at radius 3 is 2.27 bits per heavy atom. The van der Waals surface area contributed by atoms with Crippen LogP contribution in [-0.4, -0.2) is 61.0 Å². The van der Waals surface area contributed by atoms with Gasteiger partial charge in [0.1, 0.15) is 0 Å². The molecule has 1 N–H and O–H groups in total. The van der Waals surface area contributed by atoms with Crippen LogP contribution in [0, 0.1) is 0 Å². The highest BCUT2D eigenvalue weighted by atomic mass is 35.5. The topological polar surface area (TPSA) is 35.6 Å². The fraction of sp³-hybridized carbons (Fsp3) is 0.941. The predicted molar refractivity (Wildman–Crippen MR) is 94.6 cm³/mol. The van der Waals surface area contributed by atoms with Crippen molar-refractivity contribution in [2.24, 2.45) is 0 Å². The molecule has 0 aromatic rings. The van der Waals surface area contributed by atoms with Crippen LogP contribution < -0.4 is 5.32 Å². The van der Waals surface area contributed by atoms with Crippen molar-refractivity contribution in [2.75, 3.05) is 33.2 Å². The Hall–Kier alpha value is -0.320. The van der Waals surface area contributed by atoms with E-state index in [2.05, 4.69) is 17.1 Å². The Labute approximate surface area is 142 Å². The zero-order valence-corrected chi connectivity index (χ0v) is 15.2. The molecule has 1 aliphatic carbocycles. The summed E-state index contributed by atoms with van der Waals surface area (Å²) in [5.74, 6) is 0.328. The number of carbonyl (C=O) groups is 1. The van der Waals surface area contributed by atoms with Gasteiger partial charge in [0.2, 0.25) is 5.91 Å². The number of nitrogens with zero attached hydrogens (tertiary/aromatic N) is 2. The van der Waals surface area contributed by atoms with Crippen LogP contribution in [0.5, 0.6) is 0 Å². The van der Waals surface area contributed by atoms with Gasteiger partial charge < -0.3 is 10.2 Å². The third-order valence-corrected chi connectivity index (χ3v) is 5.19. The standard InChI is InChI=1S/C17H33N3O.ClH/c1-3-13-20(16-9-11-18-12-10-16)14-17(21)19(2)15-7-5-4-6-8-15;/h15-16,18H,3-14H2,1-2H3;1H. The maximum Gasteiger partial charge on any atom is 0.236 e. The molecule has 4 nitrogen and oxygen atoms in total. The number of piperidine rings is 1. The number of carbonyl (C=O) groups excluding carboxylic acids is 1. The van der Waals surface area contributed by atoms with Crippen molar-refractivity contribution < 1.29 is 4.79 Å². The molecule has 1 aliphatic heterocycles. The van der Waals surface area contributed by atoms with Gasteiger partial charge in [0.05, 0.1) is 6.54 Å². The summed E-state index contributed by atoms with van der Waals surface area (Å²) in [6.07, 6.45) is 9.80. The van der Waals surface area contributed by atoms with E-state index < -0.39 is 0 Å². The quantitative estimate of drug-likeness (QED) is 0.812. The van der Waals surface area contributed by atoms with Crippen molar-refractivity contribution in [1.82, 2.24) is 15.1 Å². The number of likely N-dealkylation sites (N-methyl/N-ethyl adjacent to an activating group) is 1. The van der Waals surface area contributed by atoms with Crippen molar-refractivity contribution in [3.05, 3.63) is 0 Å². The maximum absolute atomic E-state index is 12.6. The van der Waals surface area contributed by atoms with Crippen LogP contribution >= 0.6 is 12.4 Å². The lowest BCUT2D eigenvalue weighted by atomic mass is 9.94. The largest absolute Gasteiger partial charge is 0.342 e. The zero-order chi connectivity index (χ0) is 15.1. The number of rotatable bonds is 6. The Morgan fingerprint density at radius 1 is 1.05 bits per heavy atom. The average Bonchev–Trinajstić information content (AvgIpc) is 2.55. The van der Waals surface area contributed by atoms with Crippen molar-refractivity contribution in [1.29, 1.82) is 0 Å². The molecule has 1 saturated carbocycles. The van der Waals surface area contributed by atoms with Gasteiger partial charge in [-0.25, -0.2) is 0 Å². The van der Waals surface area contributed by atoms with Gasteiger partial charge in [-0.15, -0.1) is 12.4 Å². The summed E-state index contributed by atoms with van der Waals surface area (Å²) in [6.45, 7) is 6.07. The molecule has 1 saturated heterocycles. The molecular weight excluding hydrogens is 298 g/mol. The molecule has 0 spiro atoms. The second-order valence-corrected chi connectivity index (χ2v) is 6.75. The molecule has 0 aromatic carbocycles. The first kappa shape index (κ1) is 19.7. The summed E-state index contributed by atoms with van der Waals surface area (Å²) in [5.41, 5.74) is 0. The lowest BCUT2D eigenvalue weighted by Gasteiger charge is -2.37. The van der Waals surface area contributed by atoms with Gasteiger partial charge >= 0.3 is 0 Å². The van der Waals surface area contributed by atoms with E-state index in [1.165, 1.54) is 44.9 Å². The van der Waals surface area contributed by atoms with Gasteiger partial charge in [-0.05, 0) is 51.7 Å². The van der Waals surface area contributed by atoms with Crippen LogP contribution in [0.1, 0.15) is 58.3 Å². The summed E-state index contributed by atoms with van der Waals surface area (Å²) in [4.78, 5) is 17.1. The average molecular weight is 332 g/mol. The van der Waals surface area contributed by atoms with Crippen molar-refractivity contribution in [3.8, 4) is 0 Å². The van der Waals surface area contributed by atoms with Crippen molar-refractivity contribution in [2.45, 2.75) is 70.4 Å². The molecule has 2 aliphatic rings. The Kier molecular flexibility index (Phi) is 9.37. The zero-order valence-electron chi connectivity index (χ0n) is 14.4. The van der Waals surface area contributed by atoms with E-state index in [0.717, 1.165) is 26.1 Å². The fourth-order valence-electron chi connectivity index (χ4n) is 3.81. The normalized spacial score (nSPS) is 20.7. The van der Waals surface area contributed by atoms with Gasteiger partial charge in [0, 0.05) is 19.1 Å². The molecule has 1 amide bonds.